The van der Waals surface area contributed by atoms with Crippen LogP contribution in [0.2, 0.25) is 0 Å². The number of carboxylic acids is 2. The van der Waals surface area contributed by atoms with E-state index in [1.54, 1.807) is 0 Å². The van der Waals surface area contributed by atoms with Gasteiger partial charge in [0.25, 0.3) is 0 Å². The minimum absolute atomic E-state index is 0.00835. The van der Waals surface area contributed by atoms with Gasteiger partial charge in [0.1, 0.15) is 6.10 Å². The first-order chi connectivity index (χ1) is 17.5. The van der Waals surface area contributed by atoms with E-state index in [1.807, 2.05) is 6.92 Å². The number of rotatable bonds is 3. The van der Waals surface area contributed by atoms with Crippen molar-refractivity contribution in [3.05, 3.63) is 11.6 Å². The fourth-order valence-electron chi connectivity index (χ4n) is 11.0. The lowest BCUT2D eigenvalue weighted by Crippen LogP contribution is -2.65. The molecular weight excluding hydrogens is 480 g/mol. The highest BCUT2D eigenvalue weighted by molar-refractivity contribution is 5.79. The number of carboxylic acid groups (broad SMARTS) is 2. The summed E-state index contributed by atoms with van der Waals surface area (Å²) in [6.45, 7) is 15.2. The summed E-state index contributed by atoms with van der Waals surface area (Å²) in [4.78, 5) is 37.0. The van der Waals surface area contributed by atoms with E-state index in [4.69, 9.17) is 4.74 Å². The summed E-state index contributed by atoms with van der Waals surface area (Å²) in [7, 11) is 0. The van der Waals surface area contributed by atoms with E-state index in [1.165, 1.54) is 12.5 Å². The van der Waals surface area contributed by atoms with Gasteiger partial charge >= 0.3 is 17.9 Å². The zero-order valence-corrected chi connectivity index (χ0v) is 24.5. The Hall–Kier alpha value is -1.85. The van der Waals surface area contributed by atoms with Gasteiger partial charge in [0.2, 0.25) is 0 Å². The Labute approximate surface area is 228 Å². The molecule has 2 N–H and O–H groups in total. The first kappa shape index (κ1) is 27.7. The number of fused-ring (bicyclic) bond motifs is 7. The molecule has 0 radical (unpaired) electrons. The van der Waals surface area contributed by atoms with Crippen LogP contribution in [-0.4, -0.2) is 34.2 Å². The summed E-state index contributed by atoms with van der Waals surface area (Å²) in [6, 6.07) is 0. The van der Waals surface area contributed by atoms with E-state index in [9.17, 15) is 24.6 Å². The molecule has 4 saturated carbocycles. The molecule has 38 heavy (non-hydrogen) atoms. The van der Waals surface area contributed by atoms with Crippen molar-refractivity contribution in [2.24, 2.45) is 50.2 Å². The van der Waals surface area contributed by atoms with Gasteiger partial charge in [0, 0.05) is 12.3 Å². The van der Waals surface area contributed by atoms with Crippen LogP contribution in [0.5, 0.6) is 0 Å². The highest BCUT2D eigenvalue weighted by Gasteiger charge is 2.70. The molecule has 0 unspecified atom stereocenters. The number of aliphatic carboxylic acids is 2. The van der Waals surface area contributed by atoms with Crippen molar-refractivity contribution in [3.8, 4) is 0 Å². The molecule has 5 rings (SSSR count). The van der Waals surface area contributed by atoms with Crippen molar-refractivity contribution in [1.82, 2.24) is 0 Å². The van der Waals surface area contributed by atoms with Crippen LogP contribution in [0.25, 0.3) is 0 Å². The van der Waals surface area contributed by atoms with E-state index in [2.05, 4.69) is 40.7 Å². The second kappa shape index (κ2) is 8.33. The van der Waals surface area contributed by atoms with Gasteiger partial charge in [0.05, 0.1) is 10.8 Å². The summed E-state index contributed by atoms with van der Waals surface area (Å²) in [5, 5.41) is 20.6. The van der Waals surface area contributed by atoms with Crippen LogP contribution in [-0.2, 0) is 19.1 Å². The number of allylic oxidation sites excluding steroid dienone is 2. The average molecular weight is 529 g/mol. The fraction of sp³-hybridized carbons (Fsp3) is 0.844. The lowest BCUT2D eigenvalue weighted by atomic mass is 9.33. The topological polar surface area (TPSA) is 101 Å². The maximum Gasteiger partial charge on any atom is 0.310 e. The molecule has 0 bridgehead atoms. The zero-order chi connectivity index (χ0) is 28.1. The molecule has 9 atom stereocenters. The third-order valence-electron chi connectivity index (χ3n) is 13.6. The standard InChI is InChI=1S/C32H48O6/c1-19(33)38-24-11-12-29(5)22(27(24,2)3)10-13-31(7)23(29)9-8-20-21-18-28(4,25(34)35)14-16-32(21,26(36)37)17-15-30(20,31)6/h8,21-24H,9-18H2,1-7H3,(H,34,35)(H,36,37)/t21-,22+,23-,24+,28+,29-,30+,31+,32-/m0/s1. The number of carbonyl (C=O) groups is 3. The SMILES string of the molecule is CC(=O)O[C@@H]1CC[C@@]2(C)[C@H](CC[C@]3(C)[C@H]2CC=C2[C@@H]4C[C@](C)(C(=O)O)CC[C@]4(C(=O)O)CC[C@]23C)C1(C)C. The van der Waals surface area contributed by atoms with E-state index in [-0.39, 0.29) is 39.7 Å². The quantitative estimate of drug-likeness (QED) is 0.306. The van der Waals surface area contributed by atoms with Gasteiger partial charge in [-0.25, -0.2) is 0 Å². The molecule has 212 valence electrons. The Morgan fingerprint density at radius 2 is 1.50 bits per heavy atom. The minimum atomic E-state index is -0.886. The number of hydrogen-bond acceptors (Lipinski definition) is 4. The van der Waals surface area contributed by atoms with Gasteiger partial charge in [-0.05, 0) is 105 Å². The number of ether oxygens (including phenoxy) is 1. The maximum atomic E-state index is 12.8. The molecule has 6 nitrogen and oxygen atoms in total. The van der Waals surface area contributed by atoms with Gasteiger partial charge < -0.3 is 14.9 Å². The summed E-state index contributed by atoms with van der Waals surface area (Å²) in [5.41, 5.74) is -0.649. The van der Waals surface area contributed by atoms with Crippen molar-refractivity contribution in [1.29, 1.82) is 0 Å². The first-order valence-electron chi connectivity index (χ1n) is 14.8. The molecule has 0 spiro atoms. The van der Waals surface area contributed by atoms with Crippen LogP contribution in [0.4, 0.5) is 0 Å². The van der Waals surface area contributed by atoms with Gasteiger partial charge in [-0.15, -0.1) is 0 Å². The maximum absolute atomic E-state index is 12.8. The summed E-state index contributed by atoms with van der Waals surface area (Å²) >= 11 is 0. The molecular formula is C32H48O6. The largest absolute Gasteiger partial charge is 0.481 e. The Morgan fingerprint density at radius 1 is 0.842 bits per heavy atom. The van der Waals surface area contributed by atoms with Crippen LogP contribution < -0.4 is 0 Å². The van der Waals surface area contributed by atoms with Crippen molar-refractivity contribution < 1.29 is 29.3 Å². The lowest BCUT2D eigenvalue weighted by Gasteiger charge is -2.71. The lowest BCUT2D eigenvalue weighted by molar-refractivity contribution is -0.213. The normalized spacial score (nSPS) is 49.3. The van der Waals surface area contributed by atoms with Crippen molar-refractivity contribution in [2.75, 3.05) is 0 Å². The van der Waals surface area contributed by atoms with Gasteiger partial charge in [-0.2, -0.15) is 0 Å². The monoisotopic (exact) mass is 528 g/mol. The number of hydrogen-bond donors (Lipinski definition) is 2. The molecule has 5 aliphatic carbocycles. The van der Waals surface area contributed by atoms with E-state index < -0.39 is 22.8 Å². The second-order valence-corrected chi connectivity index (χ2v) is 15.3. The third-order valence-corrected chi connectivity index (χ3v) is 13.6. The number of esters is 1. The molecule has 0 saturated heterocycles. The molecule has 5 aliphatic rings. The molecule has 0 aromatic carbocycles. The molecule has 0 aromatic heterocycles. The zero-order valence-electron chi connectivity index (χ0n) is 24.5. The molecule has 0 aromatic rings. The van der Waals surface area contributed by atoms with Crippen LogP contribution >= 0.6 is 0 Å². The van der Waals surface area contributed by atoms with Crippen LogP contribution in [0, 0.1) is 50.2 Å². The van der Waals surface area contributed by atoms with Crippen molar-refractivity contribution in [2.45, 2.75) is 119 Å². The van der Waals surface area contributed by atoms with Crippen LogP contribution in [0.1, 0.15) is 113 Å². The van der Waals surface area contributed by atoms with Gasteiger partial charge in [0.15, 0.2) is 0 Å². The second-order valence-electron chi connectivity index (χ2n) is 15.3. The molecule has 0 amide bonds. The van der Waals surface area contributed by atoms with Crippen molar-refractivity contribution >= 4 is 17.9 Å². The Bertz CT molecular complexity index is 1090. The molecule has 4 fully saturated rings. The smallest absolute Gasteiger partial charge is 0.310 e. The third kappa shape index (κ3) is 3.39. The molecule has 0 heterocycles. The number of carbonyl (C=O) groups excluding carboxylic acids is 1. The summed E-state index contributed by atoms with van der Waals surface area (Å²) in [6.07, 6.45) is 10.0. The van der Waals surface area contributed by atoms with Crippen LogP contribution in [0.3, 0.4) is 0 Å². The van der Waals surface area contributed by atoms with Gasteiger partial charge in [-0.3, -0.25) is 14.4 Å². The van der Waals surface area contributed by atoms with E-state index in [0.29, 0.717) is 37.5 Å². The minimum Gasteiger partial charge on any atom is -0.481 e. The Kier molecular flexibility index (Phi) is 6.07. The highest BCUT2D eigenvalue weighted by atomic mass is 16.5. The van der Waals surface area contributed by atoms with Crippen molar-refractivity contribution in [3.63, 3.8) is 0 Å². The van der Waals surface area contributed by atoms with Crippen LogP contribution in [0.15, 0.2) is 11.6 Å². The Morgan fingerprint density at radius 3 is 2.11 bits per heavy atom. The summed E-state index contributed by atoms with van der Waals surface area (Å²) < 4.78 is 5.84. The Balaban J connectivity index is 1.56. The van der Waals surface area contributed by atoms with E-state index >= 15 is 0 Å². The molecule has 6 heteroatoms. The van der Waals surface area contributed by atoms with E-state index in [0.717, 1.165) is 38.5 Å². The first-order valence-corrected chi connectivity index (χ1v) is 14.8. The fourth-order valence-corrected chi connectivity index (χ4v) is 11.0. The average Bonchev–Trinajstić information content (AvgIpc) is 2.81. The summed E-state index contributed by atoms with van der Waals surface area (Å²) in [5.74, 6) is -1.08. The predicted molar refractivity (Wildman–Crippen MR) is 144 cm³/mol. The highest BCUT2D eigenvalue weighted by Crippen LogP contribution is 2.75. The molecule has 0 aliphatic heterocycles. The predicted octanol–water partition coefficient (Wildman–Crippen LogP) is 6.87. The van der Waals surface area contributed by atoms with Gasteiger partial charge in [-0.1, -0.05) is 46.3 Å².